The van der Waals surface area contributed by atoms with Crippen LogP contribution in [-0.2, 0) is 9.47 Å². The summed E-state index contributed by atoms with van der Waals surface area (Å²) in [5.41, 5.74) is -22.5. The second-order valence-corrected chi connectivity index (χ2v) is 10.8. The molecular formula is C21H20F18O3. The summed E-state index contributed by atoms with van der Waals surface area (Å²) in [5, 5.41) is 8.21. The van der Waals surface area contributed by atoms with E-state index in [1.54, 1.807) is 0 Å². The highest BCUT2D eigenvalue weighted by Gasteiger charge is 3.12. The van der Waals surface area contributed by atoms with Crippen LogP contribution in [0.4, 0.5) is 79.0 Å². The molecule has 21 heteroatoms. The van der Waals surface area contributed by atoms with Gasteiger partial charge in [-0.05, 0) is 25.7 Å². The zero-order chi connectivity index (χ0) is 33.4. The second kappa shape index (κ2) is 8.45. The molecule has 0 saturated heterocycles. The smallest absolute Gasteiger partial charge is 0.387 e. The van der Waals surface area contributed by atoms with Gasteiger partial charge in [0, 0.05) is 12.3 Å². The molecule has 4 saturated carbocycles. The topological polar surface area (TPSA) is 38.7 Å². The Balaban J connectivity index is 2.49. The first kappa shape index (κ1) is 35.1. The van der Waals surface area contributed by atoms with Crippen LogP contribution in [0.5, 0.6) is 0 Å². The number of halogens is 18. The first-order valence-electron chi connectivity index (χ1n) is 11.7. The normalized spacial score (nSPS) is 37.3. The first-order valence-corrected chi connectivity index (χ1v) is 11.7. The van der Waals surface area contributed by atoms with Crippen LogP contribution in [0.15, 0.2) is 0 Å². The van der Waals surface area contributed by atoms with Crippen LogP contribution in [-0.4, -0.2) is 65.8 Å². The number of rotatable bonds is 10. The number of ether oxygens (including phenoxy) is 2. The van der Waals surface area contributed by atoms with E-state index in [0.717, 1.165) is 0 Å². The van der Waals surface area contributed by atoms with Crippen molar-refractivity contribution in [1.29, 1.82) is 0 Å². The fraction of sp³-hybridized carbons (Fsp3) is 1.00. The largest absolute Gasteiger partial charge is 0.453 e. The average Bonchev–Trinajstić information content (AvgIpc) is 2.74. The van der Waals surface area contributed by atoms with Crippen LogP contribution in [0.3, 0.4) is 0 Å². The van der Waals surface area contributed by atoms with Crippen molar-refractivity contribution in [3.05, 3.63) is 0 Å². The molecular weight excluding hydrogens is 642 g/mol. The molecule has 4 fully saturated rings. The Hall–Kier alpha value is -1.38. The summed E-state index contributed by atoms with van der Waals surface area (Å²) < 4.78 is 275. The van der Waals surface area contributed by atoms with E-state index in [9.17, 15) is 35.1 Å². The zero-order valence-electron chi connectivity index (χ0n) is 21.1. The minimum atomic E-state index is -7.54. The van der Waals surface area contributed by atoms with E-state index in [4.69, 9.17) is 5.11 Å². The van der Waals surface area contributed by atoms with E-state index in [1.807, 2.05) is 0 Å². The summed E-state index contributed by atoms with van der Waals surface area (Å²) in [7, 11) is 0. The standard InChI is InChI=1S/C21H20F18O3/c1-4-10-6-11(5-2)16(28,29)12(7-10,18(32,33)14(9(3,22)23,15(10,26)27)17(11,30)31)19(34,35)42-21(38,39)20(36,37)41-13(24,25)8-40/h40H,4-8H2,1-3H3. The van der Waals surface area contributed by atoms with Crippen molar-refractivity contribution in [1.82, 2.24) is 0 Å². The number of aliphatic hydroxyl groups is 1. The van der Waals surface area contributed by atoms with Crippen molar-refractivity contribution in [3.8, 4) is 0 Å². The highest BCUT2D eigenvalue weighted by molar-refractivity contribution is 5.43. The molecule has 0 radical (unpaired) electrons. The Morgan fingerprint density at radius 1 is 0.619 bits per heavy atom. The van der Waals surface area contributed by atoms with E-state index in [1.165, 1.54) is 0 Å². The van der Waals surface area contributed by atoms with Gasteiger partial charge in [0.05, 0.1) is 0 Å². The van der Waals surface area contributed by atoms with Gasteiger partial charge in [0.15, 0.2) is 5.41 Å². The predicted molar refractivity (Wildman–Crippen MR) is 99.0 cm³/mol. The summed E-state index contributed by atoms with van der Waals surface area (Å²) in [6.45, 7) is -3.27. The van der Waals surface area contributed by atoms with Crippen LogP contribution in [0, 0.1) is 21.7 Å². The van der Waals surface area contributed by atoms with Gasteiger partial charge in [0.25, 0.3) is 29.6 Å². The molecule has 0 aromatic carbocycles. The molecule has 0 heterocycles. The van der Waals surface area contributed by atoms with Crippen molar-refractivity contribution in [2.24, 2.45) is 21.7 Å². The lowest BCUT2D eigenvalue weighted by Crippen LogP contribution is -2.97. The van der Waals surface area contributed by atoms with Gasteiger partial charge in [-0.2, -0.15) is 35.1 Å². The fourth-order valence-electron chi connectivity index (χ4n) is 7.21. The molecule has 0 aliphatic heterocycles. The molecule has 1 N–H and O–H groups in total. The summed E-state index contributed by atoms with van der Waals surface area (Å²) in [4.78, 5) is 0. The van der Waals surface area contributed by atoms with Gasteiger partial charge in [-0.15, -0.1) is 0 Å². The van der Waals surface area contributed by atoms with E-state index >= 15 is 43.9 Å². The molecule has 248 valence electrons. The van der Waals surface area contributed by atoms with Gasteiger partial charge >= 0.3 is 24.4 Å². The van der Waals surface area contributed by atoms with Crippen LogP contribution in [0.2, 0.25) is 0 Å². The third-order valence-corrected chi connectivity index (χ3v) is 9.09. The third-order valence-electron chi connectivity index (χ3n) is 9.09. The number of alkyl halides is 18. The molecule has 0 amide bonds. The maximum atomic E-state index is 16.0. The van der Waals surface area contributed by atoms with Crippen LogP contribution in [0.1, 0.15) is 46.5 Å². The molecule has 4 atom stereocenters. The Kier molecular flexibility index (Phi) is 7.06. The molecule has 42 heavy (non-hydrogen) atoms. The van der Waals surface area contributed by atoms with Gasteiger partial charge in [-0.25, -0.2) is 53.4 Å². The maximum Gasteiger partial charge on any atom is 0.453 e. The summed E-state index contributed by atoms with van der Waals surface area (Å²) in [6.07, 6.45) is -37.1. The van der Waals surface area contributed by atoms with Crippen LogP contribution in [0.25, 0.3) is 0 Å². The molecule has 4 bridgehead atoms. The Bertz CT molecular complexity index is 1100. The maximum absolute atomic E-state index is 16.0. The van der Waals surface area contributed by atoms with Gasteiger partial charge in [-0.1, -0.05) is 13.8 Å². The number of hydrogen-bond donors (Lipinski definition) is 1. The highest BCUT2D eigenvalue weighted by atomic mass is 19.3. The quantitative estimate of drug-likeness (QED) is 0.240. The Labute approximate surface area is 223 Å². The molecule has 0 spiro atoms. The third kappa shape index (κ3) is 3.20. The molecule has 4 aliphatic rings. The Morgan fingerprint density at radius 2 is 1.07 bits per heavy atom. The average molecular weight is 662 g/mol. The van der Waals surface area contributed by atoms with Crippen molar-refractivity contribution in [2.45, 2.75) is 101 Å². The molecule has 4 aliphatic carbocycles. The van der Waals surface area contributed by atoms with E-state index < -0.39 is 115 Å². The minimum Gasteiger partial charge on any atom is -0.387 e. The monoisotopic (exact) mass is 662 g/mol. The predicted octanol–water partition coefficient (Wildman–Crippen LogP) is 8.17. The van der Waals surface area contributed by atoms with Crippen LogP contribution >= 0.6 is 0 Å². The lowest BCUT2D eigenvalue weighted by Gasteiger charge is -2.79. The molecule has 4 unspecified atom stereocenters. The number of aliphatic hydroxyl groups excluding tert-OH is 1. The van der Waals surface area contributed by atoms with Crippen LogP contribution < -0.4 is 0 Å². The van der Waals surface area contributed by atoms with E-state index in [2.05, 4.69) is 9.47 Å². The number of hydrogen-bond acceptors (Lipinski definition) is 3. The first-order chi connectivity index (χ1) is 18.3. The Morgan fingerprint density at radius 3 is 1.45 bits per heavy atom. The molecule has 4 rings (SSSR count). The van der Waals surface area contributed by atoms with E-state index in [0.29, 0.717) is 6.92 Å². The molecule has 0 aromatic rings. The zero-order valence-corrected chi connectivity index (χ0v) is 21.1. The van der Waals surface area contributed by atoms with Gasteiger partial charge in [0.2, 0.25) is 5.41 Å². The highest BCUT2D eigenvalue weighted by Crippen LogP contribution is 2.94. The molecule has 3 nitrogen and oxygen atoms in total. The van der Waals surface area contributed by atoms with Gasteiger partial charge in [0.1, 0.15) is 12.0 Å². The SMILES string of the molecule is CCC12CC3(CC)C(F)(F)C(C(F)(F)OC(F)(F)C(F)(F)OC(F)(F)CO)(C1)C(F)(F)C(C(C)(F)F)(C2(F)F)C3(F)F. The lowest BCUT2D eigenvalue weighted by atomic mass is 9.27. The van der Waals surface area contributed by atoms with Crippen molar-refractivity contribution in [2.75, 3.05) is 6.61 Å². The van der Waals surface area contributed by atoms with Crippen molar-refractivity contribution in [3.63, 3.8) is 0 Å². The fourth-order valence-corrected chi connectivity index (χ4v) is 7.21. The molecule has 0 aromatic heterocycles. The van der Waals surface area contributed by atoms with Crippen molar-refractivity contribution >= 4 is 0 Å². The summed E-state index contributed by atoms with van der Waals surface area (Å²) in [5.74, 6) is -33.4. The summed E-state index contributed by atoms with van der Waals surface area (Å²) in [6, 6.07) is 0. The minimum absolute atomic E-state index is 0.205. The van der Waals surface area contributed by atoms with Crippen molar-refractivity contribution < 1.29 is 93.6 Å². The van der Waals surface area contributed by atoms with E-state index in [-0.39, 0.29) is 6.92 Å². The lowest BCUT2D eigenvalue weighted by molar-refractivity contribution is -0.614. The van der Waals surface area contributed by atoms with Gasteiger partial charge in [-0.3, -0.25) is 0 Å². The van der Waals surface area contributed by atoms with Gasteiger partial charge < -0.3 is 5.11 Å². The summed E-state index contributed by atoms with van der Waals surface area (Å²) >= 11 is 0. The second-order valence-electron chi connectivity index (χ2n) is 10.8.